The topological polar surface area (TPSA) is 49.9 Å². The van der Waals surface area contributed by atoms with Gasteiger partial charge in [-0.3, -0.25) is 9.59 Å². The first kappa shape index (κ1) is 14.2. The number of amides is 2. The van der Waals surface area contributed by atoms with Crippen LogP contribution in [-0.2, 0) is 14.3 Å². The first-order valence-corrected chi connectivity index (χ1v) is 8.36. The van der Waals surface area contributed by atoms with Crippen molar-refractivity contribution in [3.05, 3.63) is 0 Å². The van der Waals surface area contributed by atoms with Crippen LogP contribution in [0.15, 0.2) is 0 Å². The number of rotatable bonds is 1. The van der Waals surface area contributed by atoms with E-state index in [4.69, 9.17) is 4.74 Å². The van der Waals surface area contributed by atoms with E-state index in [0.717, 1.165) is 44.9 Å². The van der Waals surface area contributed by atoms with E-state index in [1.807, 2.05) is 16.7 Å². The minimum Gasteiger partial charge on any atom is -0.381 e. The van der Waals surface area contributed by atoms with Gasteiger partial charge in [-0.05, 0) is 19.3 Å². The Bertz CT molecular complexity index is 404. The predicted molar refractivity (Wildman–Crippen MR) is 77.6 cm³/mol. The molecule has 112 valence electrons. The molecule has 1 atom stereocenters. The average Bonchev–Trinajstić information content (AvgIpc) is 2.79. The van der Waals surface area contributed by atoms with Crippen molar-refractivity contribution in [1.29, 1.82) is 0 Å². The van der Waals surface area contributed by atoms with Crippen LogP contribution in [-0.4, -0.2) is 71.5 Å². The van der Waals surface area contributed by atoms with Crippen molar-refractivity contribution >= 4 is 23.6 Å². The molecule has 3 rings (SSSR count). The molecule has 0 radical (unpaired) electrons. The minimum absolute atomic E-state index is 0.0931. The quantitative estimate of drug-likeness (QED) is 0.716. The number of hydrogen-bond acceptors (Lipinski definition) is 4. The lowest BCUT2D eigenvalue weighted by atomic mass is 9.97. The van der Waals surface area contributed by atoms with Crippen LogP contribution in [0.4, 0.5) is 0 Å². The predicted octanol–water partition coefficient (Wildman–Crippen LogP) is 0.732. The Morgan fingerprint density at radius 2 is 2.15 bits per heavy atom. The Balaban J connectivity index is 1.67. The highest BCUT2D eigenvalue weighted by molar-refractivity contribution is 8.00. The van der Waals surface area contributed by atoms with E-state index in [-0.39, 0.29) is 22.6 Å². The van der Waals surface area contributed by atoms with Crippen LogP contribution >= 0.6 is 11.8 Å². The SMILES string of the molecule is CN1C(=O)CC[C@@H]1C(=O)N1CCSC2(CCOCC2)C1. The van der Waals surface area contributed by atoms with Gasteiger partial charge in [0.15, 0.2) is 0 Å². The Kier molecular flexibility index (Phi) is 3.95. The van der Waals surface area contributed by atoms with Crippen molar-refractivity contribution in [2.24, 2.45) is 0 Å². The second kappa shape index (κ2) is 5.56. The Hall–Kier alpha value is -0.750. The highest BCUT2D eigenvalue weighted by Gasteiger charge is 2.42. The molecule has 0 N–H and O–H groups in total. The summed E-state index contributed by atoms with van der Waals surface area (Å²) in [5.74, 6) is 1.23. The second-order valence-electron chi connectivity index (χ2n) is 5.96. The van der Waals surface area contributed by atoms with Gasteiger partial charge in [0.05, 0.1) is 0 Å². The average molecular weight is 298 g/mol. The maximum atomic E-state index is 12.7. The van der Waals surface area contributed by atoms with Crippen molar-refractivity contribution in [1.82, 2.24) is 9.80 Å². The van der Waals surface area contributed by atoms with Crippen molar-refractivity contribution in [3.63, 3.8) is 0 Å². The number of hydrogen-bond donors (Lipinski definition) is 0. The van der Waals surface area contributed by atoms with Crippen LogP contribution in [0.5, 0.6) is 0 Å². The third kappa shape index (κ3) is 2.55. The van der Waals surface area contributed by atoms with Gasteiger partial charge in [-0.1, -0.05) is 0 Å². The summed E-state index contributed by atoms with van der Waals surface area (Å²) in [5.41, 5.74) is 0. The Morgan fingerprint density at radius 3 is 2.80 bits per heavy atom. The lowest BCUT2D eigenvalue weighted by molar-refractivity contribution is -0.140. The first-order chi connectivity index (χ1) is 9.61. The van der Waals surface area contributed by atoms with Crippen molar-refractivity contribution in [2.45, 2.75) is 36.5 Å². The van der Waals surface area contributed by atoms with Gasteiger partial charge in [-0.2, -0.15) is 11.8 Å². The molecule has 5 nitrogen and oxygen atoms in total. The number of nitrogens with zero attached hydrogens (tertiary/aromatic N) is 2. The van der Waals surface area contributed by atoms with Crippen LogP contribution in [0.2, 0.25) is 0 Å². The fourth-order valence-electron chi connectivity index (χ4n) is 3.38. The van der Waals surface area contributed by atoms with Gasteiger partial charge in [-0.15, -0.1) is 0 Å². The van der Waals surface area contributed by atoms with Crippen molar-refractivity contribution in [3.8, 4) is 0 Å². The molecule has 0 aromatic heterocycles. The van der Waals surface area contributed by atoms with Crippen molar-refractivity contribution in [2.75, 3.05) is 39.1 Å². The lowest BCUT2D eigenvalue weighted by Gasteiger charge is -2.45. The van der Waals surface area contributed by atoms with Gasteiger partial charge in [0.25, 0.3) is 0 Å². The number of likely N-dealkylation sites (tertiary alicyclic amines) is 1. The number of ether oxygens (including phenoxy) is 1. The molecule has 0 aromatic carbocycles. The van der Waals surface area contributed by atoms with Crippen LogP contribution in [0.3, 0.4) is 0 Å². The molecule has 1 spiro atoms. The van der Waals surface area contributed by atoms with Gasteiger partial charge in [0.2, 0.25) is 11.8 Å². The van der Waals surface area contributed by atoms with Gasteiger partial charge in [0, 0.05) is 50.3 Å². The molecule has 3 aliphatic heterocycles. The molecule has 3 saturated heterocycles. The van der Waals surface area contributed by atoms with Crippen molar-refractivity contribution < 1.29 is 14.3 Å². The van der Waals surface area contributed by atoms with E-state index in [1.54, 1.807) is 11.9 Å². The second-order valence-corrected chi connectivity index (χ2v) is 7.53. The molecule has 2 amide bonds. The summed E-state index contributed by atoms with van der Waals surface area (Å²) in [6, 6.07) is -0.234. The summed E-state index contributed by atoms with van der Waals surface area (Å²) in [7, 11) is 1.75. The fourth-order valence-corrected chi connectivity index (χ4v) is 4.83. The maximum Gasteiger partial charge on any atom is 0.245 e. The third-order valence-electron chi connectivity index (χ3n) is 4.74. The van der Waals surface area contributed by atoms with E-state index < -0.39 is 0 Å². The summed E-state index contributed by atoms with van der Waals surface area (Å²) < 4.78 is 5.64. The lowest BCUT2D eigenvalue weighted by Crippen LogP contribution is -2.55. The van der Waals surface area contributed by atoms with Gasteiger partial charge < -0.3 is 14.5 Å². The van der Waals surface area contributed by atoms with Gasteiger partial charge >= 0.3 is 0 Å². The smallest absolute Gasteiger partial charge is 0.245 e. The van der Waals surface area contributed by atoms with Crippen LogP contribution in [0, 0.1) is 0 Å². The molecular weight excluding hydrogens is 276 g/mol. The Morgan fingerprint density at radius 1 is 1.40 bits per heavy atom. The standard InChI is InChI=1S/C14H22N2O3S/c1-15-11(2-3-12(15)17)13(18)16-6-9-20-14(10-16)4-7-19-8-5-14/h11H,2-10H2,1H3/t11-/m1/s1. The highest BCUT2D eigenvalue weighted by atomic mass is 32.2. The summed E-state index contributed by atoms with van der Waals surface area (Å²) in [6.45, 7) is 3.23. The number of carbonyl (C=O) groups is 2. The summed E-state index contributed by atoms with van der Waals surface area (Å²) >= 11 is 2.00. The summed E-state index contributed by atoms with van der Waals surface area (Å²) in [4.78, 5) is 27.9. The fraction of sp³-hybridized carbons (Fsp3) is 0.857. The van der Waals surface area contributed by atoms with E-state index in [0.29, 0.717) is 12.8 Å². The van der Waals surface area contributed by atoms with E-state index in [1.165, 1.54) is 0 Å². The zero-order valence-electron chi connectivity index (χ0n) is 12.0. The first-order valence-electron chi connectivity index (χ1n) is 7.37. The monoisotopic (exact) mass is 298 g/mol. The minimum atomic E-state index is -0.234. The van der Waals surface area contributed by atoms with Crippen LogP contribution in [0.25, 0.3) is 0 Å². The molecule has 0 saturated carbocycles. The van der Waals surface area contributed by atoms with Gasteiger partial charge in [0.1, 0.15) is 6.04 Å². The largest absolute Gasteiger partial charge is 0.381 e. The molecule has 0 bridgehead atoms. The Labute approximate surface area is 124 Å². The summed E-state index contributed by atoms with van der Waals surface area (Å²) in [6.07, 6.45) is 3.24. The molecule has 6 heteroatoms. The highest BCUT2D eigenvalue weighted by Crippen LogP contribution is 2.39. The molecule has 0 aromatic rings. The number of thioether (sulfide) groups is 1. The maximum absolute atomic E-state index is 12.7. The summed E-state index contributed by atoms with van der Waals surface area (Å²) in [5, 5.41) is 0. The molecule has 0 unspecified atom stereocenters. The number of carbonyl (C=O) groups excluding carboxylic acids is 2. The zero-order valence-corrected chi connectivity index (χ0v) is 12.8. The molecule has 3 fully saturated rings. The van der Waals surface area contributed by atoms with Crippen LogP contribution < -0.4 is 0 Å². The van der Waals surface area contributed by atoms with Gasteiger partial charge in [-0.25, -0.2) is 0 Å². The van der Waals surface area contributed by atoms with E-state index in [2.05, 4.69) is 0 Å². The molecule has 3 aliphatic rings. The van der Waals surface area contributed by atoms with E-state index in [9.17, 15) is 9.59 Å². The third-order valence-corrected chi connectivity index (χ3v) is 6.28. The molecule has 20 heavy (non-hydrogen) atoms. The zero-order chi connectivity index (χ0) is 14.2. The number of likely N-dealkylation sites (N-methyl/N-ethyl adjacent to an activating group) is 1. The van der Waals surface area contributed by atoms with Crippen LogP contribution in [0.1, 0.15) is 25.7 Å². The van der Waals surface area contributed by atoms with E-state index >= 15 is 0 Å². The molecule has 3 heterocycles. The molecular formula is C14H22N2O3S. The normalized spacial score (nSPS) is 30.1. The molecule has 0 aliphatic carbocycles.